The Morgan fingerprint density at radius 1 is 0.366 bits per heavy atom. The summed E-state index contributed by atoms with van der Waals surface area (Å²) >= 11 is 0. The predicted octanol–water partition coefficient (Wildman–Crippen LogP) is 15.3. The largest absolute Gasteiger partial charge is 0.456 e. The summed E-state index contributed by atoms with van der Waals surface area (Å²) in [6, 6.07) is 66.8. The number of hydrogen-bond donors (Lipinski definition) is 0. The van der Waals surface area contributed by atoms with Crippen molar-refractivity contribution in [3.05, 3.63) is 199 Å². The normalized spacial score (nSPS) is 16.5. The second-order valence-corrected chi connectivity index (χ2v) is 22.5. The second-order valence-electron chi connectivity index (χ2n) is 22.5. The summed E-state index contributed by atoms with van der Waals surface area (Å²) in [4.78, 5) is 0. The third kappa shape index (κ3) is 5.63. The first-order valence-electron chi connectivity index (χ1n) is 25.6. The van der Waals surface area contributed by atoms with Crippen LogP contribution in [-0.2, 0) is 16.2 Å². The van der Waals surface area contributed by atoms with Crippen molar-refractivity contribution >= 4 is 66.7 Å². The van der Waals surface area contributed by atoms with Gasteiger partial charge in [0.15, 0.2) is 0 Å². The Balaban J connectivity index is 1.05. The van der Waals surface area contributed by atoms with Gasteiger partial charge in [0.2, 0.25) is 0 Å². The number of para-hydroxylation sites is 2. The van der Waals surface area contributed by atoms with Crippen molar-refractivity contribution in [2.24, 2.45) is 0 Å². The molecule has 0 radical (unpaired) electrons. The van der Waals surface area contributed by atoms with Gasteiger partial charge in [0.25, 0.3) is 6.71 Å². The molecular formula is C66H53BN2O2. The van der Waals surface area contributed by atoms with Crippen molar-refractivity contribution < 1.29 is 9.47 Å². The highest BCUT2D eigenvalue weighted by molar-refractivity contribution is 6.98. The van der Waals surface area contributed by atoms with E-state index in [0.29, 0.717) is 0 Å². The van der Waals surface area contributed by atoms with Crippen molar-refractivity contribution in [3.8, 4) is 56.6 Å². The van der Waals surface area contributed by atoms with Crippen molar-refractivity contribution in [1.29, 1.82) is 0 Å². The molecule has 15 rings (SSSR count). The molecule has 0 saturated heterocycles. The standard InChI is InChI=1S/C66H53BN2O2/c1-64(2)36-38-66(5)39-37-65(3,4)56-54(66)55(64)62-57-63(56)71-61-51(35-33-49-47-21-13-15-23-53(47)69(59(49)61)45-30-26-43(27-31-45)41-18-10-7-11-19-41)67(57)50-34-32-48-46-20-12-14-22-52(46)68(58(48)60(50)70-62)44-28-24-42(25-29-44)40-16-8-6-9-17-40/h6-35H,36-39H2,1-5H3. The molecule has 0 N–H and O–H groups in total. The summed E-state index contributed by atoms with van der Waals surface area (Å²) in [7, 11) is 0. The Kier molecular flexibility index (Phi) is 8.34. The van der Waals surface area contributed by atoms with Crippen molar-refractivity contribution in [2.75, 3.05) is 0 Å². The van der Waals surface area contributed by atoms with E-state index >= 15 is 0 Å². The maximum atomic E-state index is 7.93. The lowest BCUT2D eigenvalue weighted by Gasteiger charge is -2.53. The summed E-state index contributed by atoms with van der Waals surface area (Å²) in [5.41, 5.74) is 19.1. The minimum Gasteiger partial charge on any atom is -0.456 e. The quantitative estimate of drug-likeness (QED) is 0.165. The molecule has 342 valence electrons. The third-order valence-electron chi connectivity index (χ3n) is 17.4. The Labute approximate surface area is 415 Å². The van der Waals surface area contributed by atoms with Crippen LogP contribution < -0.4 is 25.9 Å². The highest BCUT2D eigenvalue weighted by Crippen LogP contribution is 2.62. The first-order chi connectivity index (χ1) is 34.6. The van der Waals surface area contributed by atoms with E-state index in [1.807, 2.05) is 0 Å². The molecule has 0 atom stereocenters. The number of hydrogen-bond acceptors (Lipinski definition) is 2. The van der Waals surface area contributed by atoms with E-state index in [0.717, 1.165) is 82.1 Å². The maximum absolute atomic E-state index is 7.93. The summed E-state index contributed by atoms with van der Waals surface area (Å²) in [5, 5.41) is 4.80. The van der Waals surface area contributed by atoms with Crippen LogP contribution in [0, 0.1) is 0 Å². The van der Waals surface area contributed by atoms with E-state index in [1.165, 1.54) is 76.9 Å². The van der Waals surface area contributed by atoms with Gasteiger partial charge < -0.3 is 18.6 Å². The van der Waals surface area contributed by atoms with Gasteiger partial charge in [0, 0.05) is 49.5 Å². The summed E-state index contributed by atoms with van der Waals surface area (Å²) in [6.07, 6.45) is 4.48. The summed E-state index contributed by atoms with van der Waals surface area (Å²) in [6.45, 7) is 12.3. The molecular weight excluding hydrogens is 864 g/mol. The van der Waals surface area contributed by atoms with Gasteiger partial charge in [0.1, 0.15) is 23.0 Å². The topological polar surface area (TPSA) is 28.3 Å². The van der Waals surface area contributed by atoms with Crippen LogP contribution >= 0.6 is 0 Å². The molecule has 0 saturated carbocycles. The molecule has 5 heteroatoms. The molecule has 11 aromatic rings. The minimum absolute atomic E-state index is 0.00712. The minimum atomic E-state index is -0.150. The Bertz CT molecular complexity index is 3790. The Hall–Kier alpha value is -7.76. The van der Waals surface area contributed by atoms with Crippen LogP contribution in [0.4, 0.5) is 0 Å². The molecule has 4 nitrogen and oxygen atoms in total. The van der Waals surface area contributed by atoms with Crippen molar-refractivity contribution in [3.63, 3.8) is 0 Å². The lowest BCUT2D eigenvalue weighted by Crippen LogP contribution is -2.59. The molecule has 2 aromatic heterocycles. The summed E-state index contributed by atoms with van der Waals surface area (Å²) in [5.74, 6) is 3.90. The average Bonchev–Trinajstić information content (AvgIpc) is 3.93. The number of fused-ring (bicyclic) bond motifs is 14. The van der Waals surface area contributed by atoms with Crippen LogP contribution in [0.25, 0.3) is 77.2 Å². The molecule has 2 aliphatic heterocycles. The summed E-state index contributed by atoms with van der Waals surface area (Å²) < 4.78 is 20.8. The first-order valence-corrected chi connectivity index (χ1v) is 25.6. The number of nitrogens with zero attached hydrogens (tertiary/aromatic N) is 2. The second kappa shape index (κ2) is 14.4. The van der Waals surface area contributed by atoms with E-state index in [-0.39, 0.29) is 23.0 Å². The van der Waals surface area contributed by atoms with E-state index in [2.05, 4.69) is 226 Å². The SMILES string of the molecule is CC1(C)CCC2(C)CCC(C)(C)c3c4c5c(c1c32)Oc1c(ccc2c3ccccc3n(-c3ccc(-c6ccccc6)cc3)c12)B5c1ccc2c3ccccc3n(-c3ccc(-c5ccccc5)cc3)c2c1O4. The monoisotopic (exact) mass is 916 g/mol. The van der Waals surface area contributed by atoms with Gasteiger partial charge in [0.05, 0.1) is 22.1 Å². The van der Waals surface area contributed by atoms with Gasteiger partial charge in [-0.1, -0.05) is 180 Å². The van der Waals surface area contributed by atoms with Crippen molar-refractivity contribution in [2.45, 2.75) is 76.5 Å². The molecule has 0 fully saturated rings. The molecule has 9 aromatic carbocycles. The smallest absolute Gasteiger partial charge is 0.260 e. The zero-order valence-corrected chi connectivity index (χ0v) is 40.9. The van der Waals surface area contributed by atoms with Gasteiger partial charge in [-0.2, -0.15) is 0 Å². The number of ether oxygens (including phenoxy) is 2. The molecule has 0 unspecified atom stereocenters. The Morgan fingerprint density at radius 2 is 0.761 bits per heavy atom. The highest BCUT2D eigenvalue weighted by Gasteiger charge is 2.55. The molecule has 0 spiro atoms. The lowest BCUT2D eigenvalue weighted by molar-refractivity contribution is 0.234. The fourth-order valence-electron chi connectivity index (χ4n) is 13.7. The zero-order valence-electron chi connectivity index (χ0n) is 40.9. The predicted molar refractivity (Wildman–Crippen MR) is 296 cm³/mol. The molecule has 0 bridgehead atoms. The zero-order chi connectivity index (χ0) is 47.5. The van der Waals surface area contributed by atoms with Crippen LogP contribution in [0.3, 0.4) is 0 Å². The van der Waals surface area contributed by atoms with Gasteiger partial charge >= 0.3 is 0 Å². The lowest BCUT2D eigenvalue weighted by atomic mass is 9.33. The average molecular weight is 917 g/mol. The number of aromatic nitrogens is 2. The molecule has 0 amide bonds. The van der Waals surface area contributed by atoms with E-state index in [1.54, 1.807) is 0 Å². The number of rotatable bonds is 4. The van der Waals surface area contributed by atoms with E-state index in [9.17, 15) is 0 Å². The van der Waals surface area contributed by atoms with Crippen LogP contribution in [-0.4, -0.2) is 15.8 Å². The van der Waals surface area contributed by atoms with Crippen molar-refractivity contribution in [1.82, 2.24) is 9.13 Å². The van der Waals surface area contributed by atoms with E-state index < -0.39 is 0 Å². The van der Waals surface area contributed by atoms with Gasteiger partial charge in [-0.3, -0.25) is 0 Å². The Morgan fingerprint density at radius 3 is 1.20 bits per heavy atom. The van der Waals surface area contributed by atoms with Gasteiger partial charge in [-0.25, -0.2) is 0 Å². The fraction of sp³-hybridized carbons (Fsp3) is 0.182. The molecule has 4 aliphatic rings. The fourth-order valence-corrected chi connectivity index (χ4v) is 13.7. The third-order valence-corrected chi connectivity index (χ3v) is 17.4. The molecule has 71 heavy (non-hydrogen) atoms. The van der Waals surface area contributed by atoms with Crippen LogP contribution in [0.15, 0.2) is 182 Å². The number of benzene rings is 9. The maximum Gasteiger partial charge on any atom is 0.260 e. The van der Waals surface area contributed by atoms with Crippen LogP contribution in [0.2, 0.25) is 0 Å². The van der Waals surface area contributed by atoms with Gasteiger partial charge in [-0.05, 0) is 117 Å². The van der Waals surface area contributed by atoms with E-state index in [4.69, 9.17) is 9.47 Å². The van der Waals surface area contributed by atoms with Crippen LogP contribution in [0.1, 0.15) is 77.0 Å². The molecule has 2 aliphatic carbocycles. The first kappa shape index (κ1) is 41.1. The van der Waals surface area contributed by atoms with Crippen LogP contribution in [0.5, 0.6) is 23.0 Å². The highest BCUT2D eigenvalue weighted by atomic mass is 16.5. The molecule has 4 heterocycles. The van der Waals surface area contributed by atoms with Gasteiger partial charge in [-0.15, -0.1) is 0 Å².